The number of amides is 2. The fourth-order valence-corrected chi connectivity index (χ4v) is 3.60. The molecular weight excluding hydrogens is 356 g/mol. The Balaban J connectivity index is 1.65. The number of hydrazine groups is 1. The van der Waals surface area contributed by atoms with Gasteiger partial charge in [-0.1, -0.05) is 78.9 Å². The molecule has 27 heavy (non-hydrogen) atoms. The van der Waals surface area contributed by atoms with E-state index in [0.29, 0.717) is 0 Å². The smallest absolute Gasteiger partial charge is 0.256 e. The van der Waals surface area contributed by atoms with E-state index in [0.717, 1.165) is 16.0 Å². The summed E-state index contributed by atoms with van der Waals surface area (Å²) in [6.45, 7) is 0. The normalized spacial score (nSPS) is 11.4. The number of hydrogen-bond donors (Lipinski definition) is 2. The lowest BCUT2D eigenvalue weighted by atomic mass is 10.1. The predicted molar refractivity (Wildman–Crippen MR) is 108 cm³/mol. The summed E-state index contributed by atoms with van der Waals surface area (Å²) in [5.41, 5.74) is 6.84. The van der Waals surface area contributed by atoms with Crippen molar-refractivity contribution in [2.24, 2.45) is 0 Å². The fraction of sp³-hybridized carbons (Fsp3) is 0.0909. The second-order valence-corrected chi connectivity index (χ2v) is 7.10. The van der Waals surface area contributed by atoms with Crippen LogP contribution in [0.25, 0.3) is 0 Å². The van der Waals surface area contributed by atoms with E-state index in [-0.39, 0.29) is 18.2 Å². The molecule has 4 nitrogen and oxygen atoms in total. The Morgan fingerprint density at radius 2 is 1.30 bits per heavy atom. The Morgan fingerprint density at radius 3 is 1.93 bits per heavy atom. The highest BCUT2D eigenvalue weighted by Crippen LogP contribution is 2.35. The molecule has 0 aliphatic rings. The van der Waals surface area contributed by atoms with E-state index in [1.807, 2.05) is 91.0 Å². The maximum absolute atomic E-state index is 12.8. The molecule has 0 aliphatic carbocycles. The van der Waals surface area contributed by atoms with E-state index in [4.69, 9.17) is 0 Å². The van der Waals surface area contributed by atoms with Crippen LogP contribution < -0.4 is 10.9 Å². The molecule has 0 bridgehead atoms. The molecule has 3 aromatic rings. The molecule has 0 fully saturated rings. The standard InChI is InChI=1S/C22H20N2O2S/c25-20(16-17-10-4-1-5-11-17)23-24-22(26)21(18-12-6-2-7-13-18)27-19-14-8-3-9-15-19/h1-15,21H,16H2,(H,23,25)(H,24,26)/t21-/m0/s1. The number of rotatable bonds is 6. The van der Waals surface area contributed by atoms with Crippen molar-refractivity contribution in [2.45, 2.75) is 16.6 Å². The quantitative estimate of drug-likeness (QED) is 0.507. The third-order valence-corrected chi connectivity index (χ3v) is 5.14. The summed E-state index contributed by atoms with van der Waals surface area (Å²) >= 11 is 1.44. The summed E-state index contributed by atoms with van der Waals surface area (Å²) < 4.78 is 0. The summed E-state index contributed by atoms with van der Waals surface area (Å²) in [7, 11) is 0. The molecule has 0 saturated heterocycles. The molecular formula is C22H20N2O2S. The van der Waals surface area contributed by atoms with Crippen LogP contribution in [0.3, 0.4) is 0 Å². The lowest BCUT2D eigenvalue weighted by Crippen LogP contribution is -2.44. The third kappa shape index (κ3) is 5.72. The third-order valence-electron chi connectivity index (χ3n) is 3.87. The van der Waals surface area contributed by atoms with Gasteiger partial charge in [0.15, 0.2) is 0 Å². The van der Waals surface area contributed by atoms with Crippen molar-refractivity contribution in [1.29, 1.82) is 0 Å². The van der Waals surface area contributed by atoms with Gasteiger partial charge in [0.25, 0.3) is 5.91 Å². The number of carbonyl (C=O) groups excluding carboxylic acids is 2. The summed E-state index contributed by atoms with van der Waals surface area (Å²) in [5, 5.41) is -0.467. The van der Waals surface area contributed by atoms with Crippen LogP contribution in [0.5, 0.6) is 0 Å². The minimum absolute atomic E-state index is 0.211. The van der Waals surface area contributed by atoms with Gasteiger partial charge in [-0.25, -0.2) is 0 Å². The summed E-state index contributed by atoms with van der Waals surface area (Å²) in [4.78, 5) is 25.8. The Kier molecular flexibility index (Phi) is 6.66. The fourth-order valence-electron chi connectivity index (χ4n) is 2.56. The maximum Gasteiger partial charge on any atom is 0.256 e. The average Bonchev–Trinajstić information content (AvgIpc) is 2.72. The maximum atomic E-state index is 12.8. The van der Waals surface area contributed by atoms with Gasteiger partial charge in [-0.15, -0.1) is 11.8 Å². The molecule has 0 spiro atoms. The number of nitrogens with one attached hydrogen (secondary N) is 2. The second kappa shape index (κ2) is 9.59. The van der Waals surface area contributed by atoms with Crippen molar-refractivity contribution in [3.8, 4) is 0 Å². The van der Waals surface area contributed by atoms with Crippen LogP contribution in [-0.4, -0.2) is 11.8 Å². The van der Waals surface area contributed by atoms with Gasteiger partial charge in [0.1, 0.15) is 5.25 Å². The monoisotopic (exact) mass is 376 g/mol. The van der Waals surface area contributed by atoms with Gasteiger partial charge in [0, 0.05) is 4.90 Å². The predicted octanol–water partition coefficient (Wildman–Crippen LogP) is 3.91. The van der Waals surface area contributed by atoms with E-state index in [2.05, 4.69) is 10.9 Å². The molecule has 0 radical (unpaired) electrons. The summed E-state index contributed by atoms with van der Waals surface area (Å²) in [6, 6.07) is 28.7. The van der Waals surface area contributed by atoms with Gasteiger partial charge in [-0.3, -0.25) is 20.4 Å². The largest absolute Gasteiger partial charge is 0.273 e. The first-order chi connectivity index (χ1) is 13.2. The van der Waals surface area contributed by atoms with E-state index >= 15 is 0 Å². The lowest BCUT2D eigenvalue weighted by molar-refractivity contribution is -0.128. The van der Waals surface area contributed by atoms with Crippen molar-refractivity contribution >= 4 is 23.6 Å². The highest BCUT2D eigenvalue weighted by atomic mass is 32.2. The second-order valence-electron chi connectivity index (χ2n) is 5.92. The first-order valence-corrected chi connectivity index (χ1v) is 9.49. The Morgan fingerprint density at radius 1 is 0.741 bits per heavy atom. The SMILES string of the molecule is O=C(Cc1ccccc1)NNC(=O)[C@@H](Sc1ccccc1)c1ccccc1. The molecule has 5 heteroatoms. The number of carbonyl (C=O) groups is 2. The number of hydrogen-bond acceptors (Lipinski definition) is 3. The molecule has 0 aromatic heterocycles. The van der Waals surface area contributed by atoms with Crippen LogP contribution in [0, 0.1) is 0 Å². The zero-order valence-electron chi connectivity index (χ0n) is 14.7. The first-order valence-electron chi connectivity index (χ1n) is 8.61. The van der Waals surface area contributed by atoms with Gasteiger partial charge in [-0.2, -0.15) is 0 Å². The zero-order valence-corrected chi connectivity index (χ0v) is 15.5. The van der Waals surface area contributed by atoms with Gasteiger partial charge < -0.3 is 0 Å². The van der Waals surface area contributed by atoms with Crippen LogP contribution in [0.1, 0.15) is 16.4 Å². The van der Waals surface area contributed by atoms with E-state index in [1.54, 1.807) is 0 Å². The molecule has 2 amide bonds. The zero-order chi connectivity index (χ0) is 18.9. The number of benzene rings is 3. The van der Waals surface area contributed by atoms with Crippen molar-refractivity contribution in [3.63, 3.8) is 0 Å². The number of thioether (sulfide) groups is 1. The Hall–Kier alpha value is -3.05. The highest BCUT2D eigenvalue weighted by Gasteiger charge is 2.22. The van der Waals surface area contributed by atoms with E-state index in [1.165, 1.54) is 11.8 Å². The van der Waals surface area contributed by atoms with Crippen molar-refractivity contribution in [2.75, 3.05) is 0 Å². The van der Waals surface area contributed by atoms with Crippen LogP contribution in [0.2, 0.25) is 0 Å². The average molecular weight is 376 g/mol. The first kappa shape index (κ1) is 18.7. The summed E-state index contributed by atoms with van der Waals surface area (Å²) in [6.07, 6.45) is 0.211. The van der Waals surface area contributed by atoms with Crippen molar-refractivity contribution < 1.29 is 9.59 Å². The van der Waals surface area contributed by atoms with Gasteiger partial charge in [0.05, 0.1) is 6.42 Å². The van der Waals surface area contributed by atoms with E-state index < -0.39 is 5.25 Å². The molecule has 3 rings (SSSR count). The highest BCUT2D eigenvalue weighted by molar-refractivity contribution is 8.00. The van der Waals surface area contributed by atoms with Crippen molar-refractivity contribution in [1.82, 2.24) is 10.9 Å². The lowest BCUT2D eigenvalue weighted by Gasteiger charge is -2.17. The molecule has 0 aliphatic heterocycles. The van der Waals surface area contributed by atoms with Crippen LogP contribution >= 0.6 is 11.8 Å². The molecule has 1 atom stereocenters. The Bertz CT molecular complexity index is 871. The Labute approximate surface area is 163 Å². The van der Waals surface area contributed by atoms with Crippen LogP contribution in [-0.2, 0) is 16.0 Å². The van der Waals surface area contributed by atoms with Gasteiger partial charge in [-0.05, 0) is 23.3 Å². The molecule has 136 valence electrons. The van der Waals surface area contributed by atoms with Gasteiger partial charge in [0.2, 0.25) is 5.91 Å². The topological polar surface area (TPSA) is 58.2 Å². The molecule has 3 aromatic carbocycles. The van der Waals surface area contributed by atoms with Gasteiger partial charge >= 0.3 is 0 Å². The molecule has 0 unspecified atom stereocenters. The van der Waals surface area contributed by atoms with Crippen LogP contribution in [0.15, 0.2) is 95.9 Å². The van der Waals surface area contributed by atoms with E-state index in [9.17, 15) is 9.59 Å². The van der Waals surface area contributed by atoms with Crippen molar-refractivity contribution in [3.05, 3.63) is 102 Å². The minimum Gasteiger partial charge on any atom is -0.273 e. The minimum atomic E-state index is -0.467. The summed E-state index contributed by atoms with van der Waals surface area (Å²) in [5.74, 6) is -0.525. The molecule has 0 heterocycles. The van der Waals surface area contributed by atoms with Crippen LogP contribution in [0.4, 0.5) is 0 Å². The molecule has 2 N–H and O–H groups in total. The molecule has 0 saturated carbocycles.